The molecule has 16 heavy (non-hydrogen) atoms. The van der Waals surface area contributed by atoms with E-state index in [4.69, 9.17) is 4.74 Å². The molecule has 5 heteroatoms. The summed E-state index contributed by atoms with van der Waals surface area (Å²) in [6.45, 7) is 5.78. The zero-order valence-corrected chi connectivity index (χ0v) is 10.6. The molecule has 1 atom stereocenters. The van der Waals surface area contributed by atoms with Crippen molar-refractivity contribution in [1.29, 1.82) is 0 Å². The van der Waals surface area contributed by atoms with Crippen LogP contribution in [0.1, 0.15) is 27.2 Å². The van der Waals surface area contributed by atoms with Gasteiger partial charge in [0.15, 0.2) is 0 Å². The predicted octanol–water partition coefficient (Wildman–Crippen LogP) is 1.08. The van der Waals surface area contributed by atoms with Crippen molar-refractivity contribution in [3.05, 3.63) is 0 Å². The first-order valence-corrected chi connectivity index (χ1v) is 5.40. The van der Waals surface area contributed by atoms with E-state index in [0.29, 0.717) is 13.0 Å². The summed E-state index contributed by atoms with van der Waals surface area (Å²) in [5.41, 5.74) is -0.562. The summed E-state index contributed by atoms with van der Waals surface area (Å²) in [6.07, 6.45) is -0.159. The number of carbonyl (C=O) groups excluding carboxylic acids is 2. The zero-order chi connectivity index (χ0) is 12.5. The van der Waals surface area contributed by atoms with Crippen LogP contribution in [0, 0.1) is 0 Å². The van der Waals surface area contributed by atoms with Gasteiger partial charge >= 0.3 is 6.09 Å². The van der Waals surface area contributed by atoms with Crippen LogP contribution in [0.4, 0.5) is 4.79 Å². The zero-order valence-electron chi connectivity index (χ0n) is 10.6. The molecule has 0 N–H and O–H groups in total. The highest BCUT2D eigenvalue weighted by atomic mass is 16.6. The number of ether oxygens (including phenoxy) is 1. The first-order valence-electron chi connectivity index (χ1n) is 5.40. The number of likely N-dealkylation sites (tertiary alicyclic amines) is 1. The van der Waals surface area contributed by atoms with Gasteiger partial charge in [-0.05, 0) is 34.9 Å². The molecule has 1 aliphatic rings. The van der Waals surface area contributed by atoms with Crippen LogP contribution in [0.3, 0.4) is 0 Å². The molecule has 5 nitrogen and oxygen atoms in total. The normalized spacial score (nSPS) is 21.8. The van der Waals surface area contributed by atoms with Gasteiger partial charge in [-0.25, -0.2) is 9.69 Å². The highest BCUT2D eigenvalue weighted by Gasteiger charge is 2.37. The van der Waals surface area contributed by atoms with Crippen LogP contribution in [0.15, 0.2) is 0 Å². The van der Waals surface area contributed by atoms with E-state index in [2.05, 4.69) is 0 Å². The van der Waals surface area contributed by atoms with E-state index in [9.17, 15) is 9.59 Å². The molecule has 92 valence electrons. The number of carbonyl (C=O) groups is 2. The number of hydrogen-bond acceptors (Lipinski definition) is 4. The largest absolute Gasteiger partial charge is 0.443 e. The molecule has 0 radical (unpaired) electrons. The Morgan fingerprint density at radius 1 is 1.44 bits per heavy atom. The maximum atomic E-state index is 11.7. The van der Waals surface area contributed by atoms with Crippen LogP contribution in [-0.2, 0) is 9.53 Å². The van der Waals surface area contributed by atoms with Crippen molar-refractivity contribution in [1.82, 2.24) is 9.80 Å². The van der Waals surface area contributed by atoms with Gasteiger partial charge in [0.1, 0.15) is 5.60 Å². The summed E-state index contributed by atoms with van der Waals surface area (Å²) in [5.74, 6) is -0.159. The van der Waals surface area contributed by atoms with E-state index in [1.165, 1.54) is 4.90 Å². The van der Waals surface area contributed by atoms with Crippen LogP contribution in [0.5, 0.6) is 0 Å². The van der Waals surface area contributed by atoms with Crippen LogP contribution >= 0.6 is 0 Å². The molecule has 1 unspecified atom stereocenters. The maximum absolute atomic E-state index is 11.7. The summed E-state index contributed by atoms with van der Waals surface area (Å²) in [7, 11) is 3.80. The third-order valence-electron chi connectivity index (χ3n) is 2.45. The van der Waals surface area contributed by atoms with Gasteiger partial charge in [0.25, 0.3) is 0 Å². The van der Waals surface area contributed by atoms with Gasteiger partial charge in [-0.2, -0.15) is 0 Å². The van der Waals surface area contributed by atoms with Crippen molar-refractivity contribution in [3.8, 4) is 0 Å². The first-order chi connectivity index (χ1) is 7.20. The second-order valence-electron chi connectivity index (χ2n) is 5.31. The molecule has 2 amide bonds. The molecule has 1 heterocycles. The smallest absolute Gasteiger partial charge is 0.417 e. The maximum Gasteiger partial charge on any atom is 0.417 e. The van der Waals surface area contributed by atoms with Gasteiger partial charge < -0.3 is 9.64 Å². The highest BCUT2D eigenvalue weighted by molar-refractivity contribution is 5.94. The second kappa shape index (κ2) is 4.41. The quantitative estimate of drug-likeness (QED) is 0.674. The Morgan fingerprint density at radius 2 is 2.00 bits per heavy atom. The minimum atomic E-state index is -0.562. The monoisotopic (exact) mass is 228 g/mol. The Balaban J connectivity index is 2.62. The van der Waals surface area contributed by atoms with Crippen molar-refractivity contribution in [2.45, 2.75) is 38.8 Å². The van der Waals surface area contributed by atoms with E-state index in [1.807, 2.05) is 19.0 Å². The van der Waals surface area contributed by atoms with Crippen molar-refractivity contribution >= 4 is 12.0 Å². The van der Waals surface area contributed by atoms with Crippen molar-refractivity contribution in [3.63, 3.8) is 0 Å². The number of amides is 2. The Kier molecular flexibility index (Phi) is 3.57. The summed E-state index contributed by atoms with van der Waals surface area (Å²) in [5, 5.41) is 0. The van der Waals surface area contributed by atoms with E-state index in [0.717, 1.165) is 0 Å². The molecular weight excluding hydrogens is 208 g/mol. The molecule has 1 rings (SSSR count). The lowest BCUT2D eigenvalue weighted by atomic mass is 10.2. The van der Waals surface area contributed by atoms with E-state index in [-0.39, 0.29) is 11.9 Å². The molecule has 0 aromatic heterocycles. The standard InChI is InChI=1S/C11H20N2O3/c1-11(2,3)16-10(15)13-7-8(12(4)5)6-9(13)14/h8H,6-7H2,1-5H3. The molecule has 1 aliphatic heterocycles. The number of imide groups is 1. The molecule has 0 saturated carbocycles. The van der Waals surface area contributed by atoms with E-state index >= 15 is 0 Å². The topological polar surface area (TPSA) is 49.9 Å². The Bertz CT molecular complexity index is 294. The highest BCUT2D eigenvalue weighted by Crippen LogP contribution is 2.18. The van der Waals surface area contributed by atoms with E-state index < -0.39 is 11.7 Å². The fraction of sp³-hybridized carbons (Fsp3) is 0.818. The predicted molar refractivity (Wildman–Crippen MR) is 60.0 cm³/mol. The number of hydrogen-bond donors (Lipinski definition) is 0. The van der Waals surface area contributed by atoms with Gasteiger partial charge in [-0.15, -0.1) is 0 Å². The number of nitrogens with zero attached hydrogens (tertiary/aromatic N) is 2. The van der Waals surface area contributed by atoms with Gasteiger partial charge in [-0.1, -0.05) is 0 Å². The number of rotatable bonds is 1. The van der Waals surface area contributed by atoms with Crippen molar-refractivity contribution < 1.29 is 14.3 Å². The van der Waals surface area contributed by atoms with Crippen molar-refractivity contribution in [2.24, 2.45) is 0 Å². The van der Waals surface area contributed by atoms with Crippen LogP contribution in [0.2, 0.25) is 0 Å². The van der Waals surface area contributed by atoms with Gasteiger partial charge in [-0.3, -0.25) is 4.79 Å². The average Bonchev–Trinajstić information content (AvgIpc) is 2.44. The summed E-state index contributed by atoms with van der Waals surface area (Å²) in [6, 6.07) is 0.0972. The van der Waals surface area contributed by atoms with Crippen LogP contribution < -0.4 is 0 Å². The molecule has 0 bridgehead atoms. The minimum absolute atomic E-state index is 0.0972. The molecule has 0 aromatic rings. The number of likely N-dealkylation sites (N-methyl/N-ethyl adjacent to an activating group) is 1. The molecular formula is C11H20N2O3. The van der Waals surface area contributed by atoms with Gasteiger partial charge in [0.2, 0.25) is 5.91 Å². The second-order valence-corrected chi connectivity index (χ2v) is 5.31. The van der Waals surface area contributed by atoms with Gasteiger partial charge in [0.05, 0.1) is 0 Å². The SMILES string of the molecule is CN(C)C1CC(=O)N(C(=O)OC(C)(C)C)C1. The Labute approximate surface area is 96.3 Å². The summed E-state index contributed by atoms with van der Waals surface area (Å²) < 4.78 is 5.17. The molecule has 0 aromatic carbocycles. The van der Waals surface area contributed by atoms with Crippen LogP contribution in [-0.4, -0.2) is 54.1 Å². The summed E-state index contributed by atoms with van der Waals surface area (Å²) >= 11 is 0. The lowest BCUT2D eigenvalue weighted by Crippen LogP contribution is -2.39. The Hall–Kier alpha value is -1.10. The fourth-order valence-electron chi connectivity index (χ4n) is 1.53. The summed E-state index contributed by atoms with van der Waals surface area (Å²) in [4.78, 5) is 26.5. The molecule has 1 fully saturated rings. The van der Waals surface area contributed by atoms with Gasteiger partial charge in [0, 0.05) is 19.0 Å². The van der Waals surface area contributed by atoms with Crippen LogP contribution in [0.25, 0.3) is 0 Å². The lowest BCUT2D eigenvalue weighted by Gasteiger charge is -2.24. The van der Waals surface area contributed by atoms with E-state index in [1.54, 1.807) is 20.8 Å². The Morgan fingerprint density at radius 3 is 2.38 bits per heavy atom. The first kappa shape index (κ1) is 13.0. The fourth-order valence-corrected chi connectivity index (χ4v) is 1.53. The lowest BCUT2D eigenvalue weighted by molar-refractivity contribution is -0.127. The minimum Gasteiger partial charge on any atom is -0.443 e. The molecule has 1 saturated heterocycles. The average molecular weight is 228 g/mol. The van der Waals surface area contributed by atoms with Crippen molar-refractivity contribution in [2.75, 3.05) is 20.6 Å². The third kappa shape index (κ3) is 3.20. The molecule has 0 aliphatic carbocycles. The third-order valence-corrected chi connectivity index (χ3v) is 2.45. The molecule has 0 spiro atoms.